The van der Waals surface area contributed by atoms with Crippen LogP contribution in [0, 0.1) is 0 Å². The summed E-state index contributed by atoms with van der Waals surface area (Å²) in [5.74, 6) is -0.320. The largest absolute Gasteiger partial charge is 0.463 e. The van der Waals surface area contributed by atoms with Crippen molar-refractivity contribution in [1.29, 1.82) is 0 Å². The number of esters is 1. The summed E-state index contributed by atoms with van der Waals surface area (Å²) >= 11 is 0. The SMILES string of the molecule is COC/C=C\N[C@H](O[C@@H](C)COC(C)=O)[C@H](C)OC. The van der Waals surface area contributed by atoms with Crippen LogP contribution in [0.5, 0.6) is 0 Å². The second-order valence-corrected chi connectivity index (χ2v) is 4.14. The Morgan fingerprint density at radius 2 is 2.00 bits per heavy atom. The predicted molar refractivity (Wildman–Crippen MR) is 71.6 cm³/mol. The molecule has 0 aromatic carbocycles. The first-order chi connectivity index (χ1) is 9.01. The van der Waals surface area contributed by atoms with Crippen molar-refractivity contribution in [3.63, 3.8) is 0 Å². The number of hydrogen-bond donors (Lipinski definition) is 1. The molecule has 19 heavy (non-hydrogen) atoms. The first-order valence-electron chi connectivity index (χ1n) is 6.22. The summed E-state index contributed by atoms with van der Waals surface area (Å²) in [7, 11) is 3.23. The molecular weight excluding hydrogens is 250 g/mol. The maximum Gasteiger partial charge on any atom is 0.302 e. The molecule has 6 nitrogen and oxygen atoms in total. The Hall–Kier alpha value is -1.11. The van der Waals surface area contributed by atoms with Gasteiger partial charge in [0.05, 0.1) is 18.8 Å². The minimum atomic E-state index is -0.330. The summed E-state index contributed by atoms with van der Waals surface area (Å²) < 4.78 is 20.8. The van der Waals surface area contributed by atoms with Crippen molar-refractivity contribution in [1.82, 2.24) is 5.32 Å². The number of nitrogens with one attached hydrogen (secondary N) is 1. The lowest BCUT2D eigenvalue weighted by Gasteiger charge is -2.26. The molecular formula is C13H25NO5. The second kappa shape index (κ2) is 10.8. The van der Waals surface area contributed by atoms with Crippen molar-refractivity contribution in [2.24, 2.45) is 0 Å². The summed E-state index contributed by atoms with van der Waals surface area (Å²) in [5, 5.41) is 3.08. The van der Waals surface area contributed by atoms with E-state index in [1.54, 1.807) is 20.4 Å². The fourth-order valence-electron chi connectivity index (χ4n) is 1.24. The molecule has 0 saturated heterocycles. The third kappa shape index (κ3) is 9.47. The lowest BCUT2D eigenvalue weighted by molar-refractivity contribution is -0.150. The average Bonchev–Trinajstić information content (AvgIpc) is 2.39. The second-order valence-electron chi connectivity index (χ2n) is 4.14. The first kappa shape index (κ1) is 17.9. The van der Waals surface area contributed by atoms with Crippen LogP contribution in [0.1, 0.15) is 20.8 Å². The third-order valence-electron chi connectivity index (χ3n) is 2.34. The molecule has 6 heteroatoms. The molecule has 0 spiro atoms. The molecule has 0 radical (unpaired) electrons. The van der Waals surface area contributed by atoms with Crippen molar-refractivity contribution >= 4 is 5.97 Å². The Bertz CT molecular complexity index is 270. The van der Waals surface area contributed by atoms with Crippen molar-refractivity contribution in [2.75, 3.05) is 27.4 Å². The van der Waals surface area contributed by atoms with Crippen LogP contribution < -0.4 is 5.32 Å². The minimum Gasteiger partial charge on any atom is -0.463 e. The number of rotatable bonds is 10. The molecule has 0 heterocycles. The van der Waals surface area contributed by atoms with Gasteiger partial charge in [-0.05, 0) is 26.1 Å². The molecule has 0 aromatic rings. The van der Waals surface area contributed by atoms with E-state index >= 15 is 0 Å². The Labute approximate surface area is 115 Å². The van der Waals surface area contributed by atoms with E-state index in [2.05, 4.69) is 5.32 Å². The summed E-state index contributed by atoms with van der Waals surface area (Å²) in [5.41, 5.74) is 0. The van der Waals surface area contributed by atoms with E-state index in [9.17, 15) is 4.79 Å². The van der Waals surface area contributed by atoms with Crippen LogP contribution in [0.25, 0.3) is 0 Å². The van der Waals surface area contributed by atoms with Crippen LogP contribution >= 0.6 is 0 Å². The fourth-order valence-corrected chi connectivity index (χ4v) is 1.24. The van der Waals surface area contributed by atoms with Gasteiger partial charge in [-0.1, -0.05) is 0 Å². The van der Waals surface area contributed by atoms with Gasteiger partial charge in [0.25, 0.3) is 0 Å². The van der Waals surface area contributed by atoms with Gasteiger partial charge in [0.15, 0.2) is 6.23 Å². The smallest absolute Gasteiger partial charge is 0.302 e. The highest BCUT2D eigenvalue weighted by molar-refractivity contribution is 5.65. The summed E-state index contributed by atoms with van der Waals surface area (Å²) in [6.07, 6.45) is 2.88. The first-order valence-corrected chi connectivity index (χ1v) is 6.22. The van der Waals surface area contributed by atoms with Crippen LogP contribution in [-0.2, 0) is 23.7 Å². The summed E-state index contributed by atoms with van der Waals surface area (Å²) in [6.45, 7) is 5.82. The number of carbonyl (C=O) groups is 1. The average molecular weight is 275 g/mol. The van der Waals surface area contributed by atoms with E-state index < -0.39 is 0 Å². The lowest BCUT2D eigenvalue weighted by Crippen LogP contribution is -2.42. The number of hydrogen-bond acceptors (Lipinski definition) is 6. The molecule has 0 aliphatic rings. The van der Waals surface area contributed by atoms with Crippen molar-refractivity contribution in [3.05, 3.63) is 12.3 Å². The molecule has 0 fully saturated rings. The van der Waals surface area contributed by atoms with Gasteiger partial charge in [-0.3, -0.25) is 4.79 Å². The van der Waals surface area contributed by atoms with Crippen LogP contribution in [0.2, 0.25) is 0 Å². The van der Waals surface area contributed by atoms with E-state index in [4.69, 9.17) is 18.9 Å². The highest BCUT2D eigenvalue weighted by atomic mass is 16.6. The molecule has 1 N–H and O–H groups in total. The summed E-state index contributed by atoms with van der Waals surface area (Å²) in [6, 6.07) is 0. The van der Waals surface area contributed by atoms with E-state index in [0.29, 0.717) is 6.61 Å². The molecule has 0 aliphatic heterocycles. The molecule has 0 bridgehead atoms. The number of ether oxygens (including phenoxy) is 4. The van der Waals surface area contributed by atoms with E-state index in [-0.39, 0.29) is 31.0 Å². The number of carbonyl (C=O) groups excluding carboxylic acids is 1. The molecule has 0 unspecified atom stereocenters. The Balaban J connectivity index is 4.21. The minimum absolute atomic E-state index is 0.146. The van der Waals surface area contributed by atoms with Crippen LogP contribution in [-0.4, -0.2) is 51.8 Å². The fraction of sp³-hybridized carbons (Fsp3) is 0.769. The predicted octanol–water partition coefficient (Wildman–Crippen LogP) is 1.07. The zero-order valence-corrected chi connectivity index (χ0v) is 12.3. The summed E-state index contributed by atoms with van der Waals surface area (Å²) in [4.78, 5) is 10.7. The van der Waals surface area contributed by atoms with Crippen LogP contribution in [0.4, 0.5) is 0 Å². The molecule has 0 aromatic heterocycles. The monoisotopic (exact) mass is 275 g/mol. The van der Waals surface area contributed by atoms with Gasteiger partial charge < -0.3 is 24.3 Å². The molecule has 0 saturated carbocycles. The normalized spacial score (nSPS) is 16.1. The topological polar surface area (TPSA) is 66.0 Å². The van der Waals surface area contributed by atoms with Crippen LogP contribution in [0.15, 0.2) is 12.3 Å². The lowest BCUT2D eigenvalue weighted by atomic mass is 10.3. The van der Waals surface area contributed by atoms with Gasteiger partial charge in [-0.2, -0.15) is 0 Å². The molecule has 0 amide bonds. The maximum absolute atomic E-state index is 10.7. The van der Waals surface area contributed by atoms with Gasteiger partial charge in [-0.25, -0.2) is 0 Å². The number of methoxy groups -OCH3 is 2. The van der Waals surface area contributed by atoms with E-state index in [1.165, 1.54) is 6.92 Å². The maximum atomic E-state index is 10.7. The molecule has 3 atom stereocenters. The zero-order chi connectivity index (χ0) is 14.7. The third-order valence-corrected chi connectivity index (χ3v) is 2.34. The van der Waals surface area contributed by atoms with Gasteiger partial charge in [0.1, 0.15) is 6.61 Å². The van der Waals surface area contributed by atoms with E-state index in [0.717, 1.165) is 0 Å². The van der Waals surface area contributed by atoms with Crippen molar-refractivity contribution < 1.29 is 23.7 Å². The van der Waals surface area contributed by atoms with E-state index in [1.807, 2.05) is 19.9 Å². The highest BCUT2D eigenvalue weighted by Crippen LogP contribution is 2.04. The zero-order valence-electron chi connectivity index (χ0n) is 12.3. The Morgan fingerprint density at radius 3 is 2.53 bits per heavy atom. The van der Waals surface area contributed by atoms with Crippen molar-refractivity contribution in [3.8, 4) is 0 Å². The van der Waals surface area contributed by atoms with Gasteiger partial charge in [-0.15, -0.1) is 0 Å². The van der Waals surface area contributed by atoms with Crippen molar-refractivity contribution in [2.45, 2.75) is 39.2 Å². The van der Waals surface area contributed by atoms with Gasteiger partial charge in [0.2, 0.25) is 0 Å². The van der Waals surface area contributed by atoms with Gasteiger partial charge >= 0.3 is 5.97 Å². The quantitative estimate of drug-likeness (QED) is 0.475. The standard InChI is InChI=1S/C13H25NO5/c1-10(9-18-12(3)15)19-13(11(2)17-5)14-7-6-8-16-4/h6-7,10-11,13-14H,8-9H2,1-5H3/b7-6-/t10-,11-,13+/m0/s1. The van der Waals surface area contributed by atoms with Crippen LogP contribution in [0.3, 0.4) is 0 Å². The Morgan fingerprint density at radius 1 is 1.32 bits per heavy atom. The molecule has 112 valence electrons. The highest BCUT2D eigenvalue weighted by Gasteiger charge is 2.19. The molecule has 0 rings (SSSR count). The van der Waals surface area contributed by atoms with Gasteiger partial charge in [0, 0.05) is 21.1 Å². The Kier molecular flexibility index (Phi) is 10.1. The molecule has 0 aliphatic carbocycles.